The molecule has 132 valence electrons. The highest BCUT2D eigenvalue weighted by atomic mass is 79.9. The van der Waals surface area contributed by atoms with Crippen molar-refractivity contribution in [3.8, 4) is 0 Å². The molecule has 0 radical (unpaired) electrons. The summed E-state index contributed by atoms with van der Waals surface area (Å²) in [4.78, 5) is 0. The van der Waals surface area contributed by atoms with Crippen molar-refractivity contribution >= 4 is 69.3 Å². The molecule has 1 nitrogen and oxygen atoms in total. The molecule has 4 rings (SSSR count). The van der Waals surface area contributed by atoms with Gasteiger partial charge in [0.25, 0.3) is 0 Å². The monoisotopic (exact) mass is 534 g/mol. The third-order valence-corrected chi connectivity index (χ3v) is 6.15. The molecule has 0 saturated heterocycles. The Balaban J connectivity index is 0.000000151. The zero-order valence-electron chi connectivity index (χ0n) is 13.9. The van der Waals surface area contributed by atoms with Gasteiger partial charge >= 0.3 is 0 Å². The number of aliphatic hydroxyl groups is 1. The number of fused-ring (bicyclic) bond motifs is 2. The lowest BCUT2D eigenvalue weighted by atomic mass is 10.1. The lowest BCUT2D eigenvalue weighted by Gasteiger charge is -2.02. The van der Waals surface area contributed by atoms with Crippen LogP contribution in [0.2, 0.25) is 0 Å². The minimum Gasteiger partial charge on any atom is -0.392 e. The maximum Gasteiger partial charge on any atom is 0.0682 e. The number of aliphatic hydroxyl groups excluding tert-OH is 1. The second-order valence-corrected chi connectivity index (χ2v) is 8.15. The fraction of sp³-hybridized carbons (Fsp3) is 0.0909. The van der Waals surface area contributed by atoms with Crippen molar-refractivity contribution in [1.29, 1.82) is 0 Å². The Bertz CT molecular complexity index is 959. The Morgan fingerprint density at radius 2 is 1.15 bits per heavy atom. The quantitative estimate of drug-likeness (QED) is 0.262. The fourth-order valence-electron chi connectivity index (χ4n) is 2.77. The predicted octanol–water partition coefficient (Wildman–Crippen LogP) is 7.59. The lowest BCUT2D eigenvalue weighted by molar-refractivity contribution is 0.282. The fourth-order valence-corrected chi connectivity index (χ4v) is 4.14. The van der Waals surface area contributed by atoms with E-state index in [4.69, 9.17) is 5.11 Å². The van der Waals surface area contributed by atoms with Crippen molar-refractivity contribution in [2.75, 3.05) is 0 Å². The first kappa shape index (κ1) is 19.6. The van der Waals surface area contributed by atoms with Crippen molar-refractivity contribution in [3.05, 3.63) is 92.9 Å². The van der Waals surface area contributed by atoms with E-state index in [9.17, 15) is 0 Å². The van der Waals surface area contributed by atoms with Crippen LogP contribution in [-0.4, -0.2) is 5.11 Å². The average Bonchev–Trinajstić information content (AvgIpc) is 2.68. The number of hydrogen-bond acceptors (Lipinski definition) is 1. The molecule has 0 spiro atoms. The van der Waals surface area contributed by atoms with E-state index in [1.165, 1.54) is 21.7 Å². The van der Waals surface area contributed by atoms with Crippen LogP contribution in [-0.2, 0) is 11.9 Å². The molecule has 0 unspecified atom stereocenters. The Morgan fingerprint density at radius 1 is 0.654 bits per heavy atom. The van der Waals surface area contributed by atoms with Crippen molar-refractivity contribution in [2.45, 2.75) is 11.9 Å². The highest BCUT2D eigenvalue weighted by molar-refractivity contribution is 9.11. The normalized spacial score (nSPS) is 10.6. The van der Waals surface area contributed by atoms with E-state index in [-0.39, 0.29) is 6.61 Å². The van der Waals surface area contributed by atoms with Gasteiger partial charge in [-0.15, -0.1) is 0 Å². The van der Waals surface area contributed by atoms with Crippen molar-refractivity contribution < 1.29 is 5.11 Å². The lowest BCUT2D eigenvalue weighted by Crippen LogP contribution is -1.82. The summed E-state index contributed by atoms with van der Waals surface area (Å²) in [5, 5.41) is 14.8. The minimum atomic E-state index is 0.0997. The Kier molecular flexibility index (Phi) is 6.87. The third-order valence-electron chi connectivity index (χ3n) is 4.12. The average molecular weight is 537 g/mol. The van der Waals surface area contributed by atoms with Gasteiger partial charge in [0.2, 0.25) is 0 Å². The number of rotatable bonds is 2. The molecule has 0 atom stereocenters. The first-order valence-corrected chi connectivity index (χ1v) is 10.8. The molecule has 0 saturated carbocycles. The third kappa shape index (κ3) is 4.55. The van der Waals surface area contributed by atoms with E-state index in [0.717, 1.165) is 25.2 Å². The maximum atomic E-state index is 8.95. The molecule has 0 bridgehead atoms. The number of halogens is 3. The van der Waals surface area contributed by atoms with Crippen LogP contribution in [0.15, 0.2) is 81.7 Å². The van der Waals surface area contributed by atoms with Gasteiger partial charge < -0.3 is 5.11 Å². The Hall–Kier alpha value is -1.20. The van der Waals surface area contributed by atoms with Crippen molar-refractivity contribution in [1.82, 2.24) is 0 Å². The summed E-state index contributed by atoms with van der Waals surface area (Å²) in [6, 6.07) is 24.8. The summed E-state index contributed by atoms with van der Waals surface area (Å²) in [5.41, 5.74) is 2.26. The van der Waals surface area contributed by atoms with Crippen LogP contribution in [0.1, 0.15) is 11.1 Å². The van der Waals surface area contributed by atoms with Gasteiger partial charge in [-0.2, -0.15) is 0 Å². The van der Waals surface area contributed by atoms with Gasteiger partial charge in [0.05, 0.1) is 6.61 Å². The molecule has 4 heteroatoms. The molecule has 0 aromatic heterocycles. The van der Waals surface area contributed by atoms with E-state index in [1.54, 1.807) is 0 Å². The SMILES string of the molecule is BrCc1ccc2c(Br)cccc2c1.OCc1ccc2c(Br)cccc2c1. The Labute approximate surface area is 178 Å². The zero-order chi connectivity index (χ0) is 18.5. The van der Waals surface area contributed by atoms with E-state index >= 15 is 0 Å². The summed E-state index contributed by atoms with van der Waals surface area (Å²) in [6.07, 6.45) is 0. The Morgan fingerprint density at radius 3 is 1.65 bits per heavy atom. The van der Waals surface area contributed by atoms with Crippen LogP contribution in [0, 0.1) is 0 Å². The second-order valence-electron chi connectivity index (χ2n) is 5.88. The van der Waals surface area contributed by atoms with Crippen LogP contribution in [0.3, 0.4) is 0 Å². The van der Waals surface area contributed by atoms with Gasteiger partial charge in [0, 0.05) is 14.3 Å². The van der Waals surface area contributed by atoms with Crippen molar-refractivity contribution in [3.63, 3.8) is 0 Å². The van der Waals surface area contributed by atoms with Crippen LogP contribution in [0.25, 0.3) is 21.5 Å². The molecule has 1 N–H and O–H groups in total. The van der Waals surface area contributed by atoms with Gasteiger partial charge in [-0.3, -0.25) is 0 Å². The first-order chi connectivity index (χ1) is 12.6. The zero-order valence-corrected chi connectivity index (χ0v) is 18.7. The van der Waals surface area contributed by atoms with Crippen LogP contribution in [0.4, 0.5) is 0 Å². The first-order valence-electron chi connectivity index (χ1n) is 8.13. The highest BCUT2D eigenvalue weighted by Crippen LogP contribution is 2.25. The smallest absolute Gasteiger partial charge is 0.0682 e. The highest BCUT2D eigenvalue weighted by Gasteiger charge is 1.99. The molecule has 0 amide bonds. The molecule has 26 heavy (non-hydrogen) atoms. The maximum absolute atomic E-state index is 8.95. The van der Waals surface area contributed by atoms with E-state index in [1.807, 2.05) is 36.4 Å². The second kappa shape index (κ2) is 9.14. The molecule has 4 aromatic carbocycles. The molecular weight excluding hydrogens is 520 g/mol. The van der Waals surface area contributed by atoms with Gasteiger partial charge in [-0.05, 0) is 50.9 Å². The molecular formula is C22H17Br3O. The summed E-state index contributed by atoms with van der Waals surface area (Å²) in [7, 11) is 0. The van der Waals surface area contributed by atoms with E-state index in [0.29, 0.717) is 0 Å². The molecule has 4 aromatic rings. The molecule has 0 heterocycles. The van der Waals surface area contributed by atoms with E-state index in [2.05, 4.69) is 84.2 Å². The largest absolute Gasteiger partial charge is 0.392 e. The summed E-state index contributed by atoms with van der Waals surface area (Å²) in [5.74, 6) is 0. The standard InChI is InChI=1S/C11H8Br2.C11H9BrO/c12-7-8-4-5-10-9(6-8)2-1-3-11(10)13;12-11-3-1-2-9-6-8(7-13)4-5-10(9)11/h1-6H,7H2;1-6,13H,7H2. The summed E-state index contributed by atoms with van der Waals surface area (Å²) < 4.78 is 2.25. The van der Waals surface area contributed by atoms with Gasteiger partial charge in [0.1, 0.15) is 0 Å². The van der Waals surface area contributed by atoms with Crippen LogP contribution in [0.5, 0.6) is 0 Å². The molecule has 0 aliphatic heterocycles. The number of hydrogen-bond donors (Lipinski definition) is 1. The number of benzene rings is 4. The summed E-state index contributed by atoms with van der Waals surface area (Å²) in [6.45, 7) is 0.0997. The molecule has 0 aliphatic rings. The minimum absolute atomic E-state index is 0.0997. The van der Waals surface area contributed by atoms with E-state index < -0.39 is 0 Å². The van der Waals surface area contributed by atoms with Crippen LogP contribution >= 0.6 is 47.8 Å². The van der Waals surface area contributed by atoms with Gasteiger partial charge in [-0.25, -0.2) is 0 Å². The summed E-state index contributed by atoms with van der Waals surface area (Å²) >= 11 is 10.5. The van der Waals surface area contributed by atoms with Crippen LogP contribution < -0.4 is 0 Å². The van der Waals surface area contributed by atoms with Gasteiger partial charge in [0.15, 0.2) is 0 Å². The molecule has 0 fully saturated rings. The van der Waals surface area contributed by atoms with Gasteiger partial charge in [-0.1, -0.05) is 102 Å². The van der Waals surface area contributed by atoms with Crippen molar-refractivity contribution in [2.24, 2.45) is 0 Å². The topological polar surface area (TPSA) is 20.2 Å². The molecule has 0 aliphatic carbocycles. The predicted molar refractivity (Wildman–Crippen MR) is 122 cm³/mol. The number of alkyl halides is 1.